The zero-order valence-corrected chi connectivity index (χ0v) is 36.7. The number of hydroxylamine groups is 2. The van der Waals surface area contributed by atoms with Crippen LogP contribution in [-0.4, -0.2) is 39.5 Å². The molecule has 1 aliphatic rings. The first-order valence-corrected chi connectivity index (χ1v) is 23.7. The van der Waals surface area contributed by atoms with Crippen molar-refractivity contribution < 1.29 is 23.6 Å². The van der Waals surface area contributed by atoms with E-state index in [-0.39, 0.29) is 23.2 Å². The van der Waals surface area contributed by atoms with Crippen LogP contribution in [0, 0.1) is 20.8 Å². The number of fused-ring (bicyclic) bond motifs is 2. The van der Waals surface area contributed by atoms with Crippen LogP contribution >= 0.6 is 0 Å². The molecular weight excluding hydrogens is 667 g/mol. The number of esters is 1. The molecule has 0 aromatic heterocycles. The van der Waals surface area contributed by atoms with Crippen LogP contribution in [0.25, 0.3) is 10.8 Å². The summed E-state index contributed by atoms with van der Waals surface area (Å²) in [5.74, 6) is 0.940. The van der Waals surface area contributed by atoms with Crippen molar-refractivity contribution in [3.05, 3.63) is 69.8 Å². The summed E-state index contributed by atoms with van der Waals surface area (Å²) in [6, 6.07) is 12.0. The first kappa shape index (κ1) is 41.1. The van der Waals surface area contributed by atoms with Crippen LogP contribution in [0.2, 0.25) is 33.2 Å². The van der Waals surface area contributed by atoms with Crippen LogP contribution in [0.3, 0.4) is 0 Å². The summed E-state index contributed by atoms with van der Waals surface area (Å²) in [5.41, 5.74) is 5.86. The van der Waals surface area contributed by atoms with Gasteiger partial charge in [0.25, 0.3) is 16.6 Å². The molecular formula is C43H67NO5Si2. The molecule has 0 unspecified atom stereocenters. The van der Waals surface area contributed by atoms with Gasteiger partial charge in [0, 0.05) is 21.9 Å². The summed E-state index contributed by atoms with van der Waals surface area (Å²) in [5, 5.41) is 16.0. The quantitative estimate of drug-likeness (QED) is 0.139. The summed E-state index contributed by atoms with van der Waals surface area (Å²) in [7, 11) is -5.17. The number of aryl methyl sites for hydroxylation is 3. The van der Waals surface area contributed by atoms with Gasteiger partial charge in [0.15, 0.2) is 5.54 Å². The Balaban J connectivity index is 2.38. The van der Waals surface area contributed by atoms with E-state index in [9.17, 15) is 10.0 Å². The van der Waals surface area contributed by atoms with Crippen molar-refractivity contribution in [3.8, 4) is 11.5 Å². The highest BCUT2D eigenvalue weighted by atomic mass is 28.4. The lowest BCUT2D eigenvalue weighted by molar-refractivity contribution is -0.206. The Hall–Kier alpha value is -2.66. The maximum atomic E-state index is 14.6. The second-order valence-corrected chi connectivity index (χ2v) is 27.9. The maximum Gasteiger partial charge on any atom is 0.333 e. The highest BCUT2D eigenvalue weighted by Crippen LogP contribution is 2.61. The number of benzene rings is 3. The topological polar surface area (TPSA) is 68.2 Å². The zero-order chi connectivity index (χ0) is 38.5. The molecule has 1 aliphatic heterocycles. The van der Waals surface area contributed by atoms with Crippen molar-refractivity contribution in [2.24, 2.45) is 0 Å². The van der Waals surface area contributed by atoms with Crippen molar-refractivity contribution >= 4 is 33.4 Å². The SMILES string of the molecule is CCOC(=O)[C@]1(C)c2c(c(O[Si](C(C)C)(C(C)C)C(C)C)c3ccccc3c2O[Si](C(C)C)(C(C)C)C(C)C)[C@@H](c2c(C)cc(C)cc2C)N1O. The molecule has 0 saturated carbocycles. The van der Waals surface area contributed by atoms with E-state index in [2.05, 4.69) is 134 Å². The van der Waals surface area contributed by atoms with Crippen molar-refractivity contribution in [1.82, 2.24) is 5.06 Å². The maximum absolute atomic E-state index is 14.6. The predicted molar refractivity (Wildman–Crippen MR) is 217 cm³/mol. The molecule has 3 aromatic rings. The Morgan fingerprint density at radius 3 is 1.51 bits per heavy atom. The lowest BCUT2D eigenvalue weighted by Crippen LogP contribution is -2.52. The van der Waals surface area contributed by atoms with Gasteiger partial charge in [0.05, 0.1) is 12.6 Å². The standard InChI is InChI=1S/C43H67NO5Si2/c1-18-47-42(45)43(17)38-37(39(44(43)46)36-32(15)23-31(14)24-33(36)16)40(48-50(25(2)3,26(4)5)27(6)7)34-21-19-20-22-35(34)41(38)49-51(28(8)9,29(10)11)30(12)13/h19-30,39,46H,18H2,1-17H3/t39-,43+/m1/s1. The molecule has 0 aliphatic carbocycles. The summed E-state index contributed by atoms with van der Waals surface area (Å²) >= 11 is 0. The molecule has 282 valence electrons. The monoisotopic (exact) mass is 733 g/mol. The molecule has 51 heavy (non-hydrogen) atoms. The molecule has 0 saturated heterocycles. The van der Waals surface area contributed by atoms with Crippen LogP contribution < -0.4 is 8.85 Å². The van der Waals surface area contributed by atoms with Crippen LogP contribution in [0.4, 0.5) is 0 Å². The number of nitrogens with zero attached hydrogens (tertiary/aromatic N) is 1. The van der Waals surface area contributed by atoms with Crippen LogP contribution in [0.1, 0.15) is 136 Å². The Kier molecular flexibility index (Phi) is 12.1. The number of ether oxygens (including phenoxy) is 1. The van der Waals surface area contributed by atoms with E-state index < -0.39 is 34.2 Å². The van der Waals surface area contributed by atoms with E-state index in [1.807, 2.05) is 19.9 Å². The number of rotatable bonds is 13. The third-order valence-electron chi connectivity index (χ3n) is 12.3. The van der Waals surface area contributed by atoms with Gasteiger partial charge >= 0.3 is 5.97 Å². The van der Waals surface area contributed by atoms with Gasteiger partial charge in [0.2, 0.25) is 0 Å². The largest absolute Gasteiger partial charge is 0.542 e. The van der Waals surface area contributed by atoms with Gasteiger partial charge in [-0.15, -0.1) is 0 Å². The molecule has 0 bridgehead atoms. The van der Waals surface area contributed by atoms with Gasteiger partial charge in [-0.05, 0) is 84.6 Å². The van der Waals surface area contributed by atoms with Crippen molar-refractivity contribution in [2.75, 3.05) is 6.61 Å². The molecule has 6 nitrogen and oxygen atoms in total. The van der Waals surface area contributed by atoms with Crippen LogP contribution in [0.5, 0.6) is 11.5 Å². The smallest absolute Gasteiger partial charge is 0.333 e. The Bertz CT molecular complexity index is 1680. The Morgan fingerprint density at radius 1 is 0.725 bits per heavy atom. The van der Waals surface area contributed by atoms with Crippen molar-refractivity contribution in [1.29, 1.82) is 0 Å². The van der Waals surface area contributed by atoms with E-state index in [4.69, 9.17) is 13.6 Å². The normalized spacial score (nSPS) is 18.6. The average molecular weight is 734 g/mol. The fourth-order valence-corrected chi connectivity index (χ4v) is 20.8. The second kappa shape index (κ2) is 15.0. The van der Waals surface area contributed by atoms with Gasteiger partial charge in [-0.2, -0.15) is 5.06 Å². The average Bonchev–Trinajstić information content (AvgIpc) is 3.25. The van der Waals surface area contributed by atoms with Gasteiger partial charge in [0.1, 0.15) is 11.5 Å². The van der Waals surface area contributed by atoms with E-state index >= 15 is 0 Å². The molecule has 0 amide bonds. The minimum absolute atomic E-state index is 0.185. The molecule has 2 atom stereocenters. The third-order valence-corrected chi connectivity index (χ3v) is 24.2. The van der Waals surface area contributed by atoms with E-state index in [0.29, 0.717) is 27.9 Å². The molecule has 1 N–H and O–H groups in total. The number of hydrogen-bond donors (Lipinski definition) is 1. The summed E-state index contributed by atoms with van der Waals surface area (Å²) < 4.78 is 21.5. The minimum atomic E-state index is -2.60. The fourth-order valence-electron chi connectivity index (χ4n) is 10.3. The fraction of sp³-hybridized carbons (Fsp3) is 0.605. The highest BCUT2D eigenvalue weighted by molar-refractivity contribution is 6.79. The minimum Gasteiger partial charge on any atom is -0.542 e. The lowest BCUT2D eigenvalue weighted by atomic mass is 9.85. The van der Waals surface area contributed by atoms with Crippen LogP contribution in [-0.2, 0) is 15.1 Å². The highest BCUT2D eigenvalue weighted by Gasteiger charge is 2.60. The number of carbonyl (C=O) groups excluding carboxylic acids is 1. The summed E-state index contributed by atoms with van der Waals surface area (Å²) in [6.07, 6.45) is 0. The van der Waals surface area contributed by atoms with Crippen molar-refractivity contribution in [3.63, 3.8) is 0 Å². The molecule has 0 spiro atoms. The Morgan fingerprint density at radius 2 is 1.12 bits per heavy atom. The molecule has 0 radical (unpaired) electrons. The Labute approximate surface area is 311 Å². The first-order valence-electron chi connectivity index (χ1n) is 19.4. The summed E-state index contributed by atoms with van der Waals surface area (Å²) in [4.78, 5) is 14.6. The van der Waals surface area contributed by atoms with Gasteiger partial charge in [-0.3, -0.25) is 0 Å². The van der Waals surface area contributed by atoms with Gasteiger partial charge in [-0.25, -0.2) is 4.79 Å². The molecule has 4 rings (SSSR count). The number of carbonyl (C=O) groups is 1. The van der Waals surface area contributed by atoms with E-state index in [1.165, 1.54) is 5.06 Å². The van der Waals surface area contributed by atoms with Crippen molar-refractivity contribution in [2.45, 2.75) is 163 Å². The molecule has 8 heteroatoms. The lowest BCUT2D eigenvalue weighted by Gasteiger charge is -2.45. The molecule has 0 fully saturated rings. The van der Waals surface area contributed by atoms with Gasteiger partial charge < -0.3 is 18.8 Å². The molecule has 1 heterocycles. The summed E-state index contributed by atoms with van der Waals surface area (Å²) in [6.45, 7) is 37.6. The third kappa shape index (κ3) is 6.40. The number of hydrogen-bond acceptors (Lipinski definition) is 6. The predicted octanol–water partition coefficient (Wildman–Crippen LogP) is 12.4. The van der Waals surface area contributed by atoms with E-state index in [1.54, 1.807) is 0 Å². The molecule has 3 aromatic carbocycles. The zero-order valence-electron chi connectivity index (χ0n) is 34.7. The first-order chi connectivity index (χ1) is 23.7. The van der Waals surface area contributed by atoms with Crippen LogP contribution in [0.15, 0.2) is 36.4 Å². The van der Waals surface area contributed by atoms with Gasteiger partial charge in [-0.1, -0.05) is 125 Å². The second-order valence-electron chi connectivity index (χ2n) is 17.2. The van der Waals surface area contributed by atoms with E-state index in [0.717, 1.165) is 44.3 Å².